The number of anilines is 2. The number of amides is 1. The molecule has 1 N–H and O–H groups in total. The fourth-order valence-electron chi connectivity index (χ4n) is 6.64. The number of halogens is 2. The molecule has 2 aromatic carbocycles. The van der Waals surface area contributed by atoms with Crippen LogP contribution in [0.4, 0.5) is 20.2 Å². The SMILES string of the molecule is CS(=O)(=O)Nc1ccc2c(c1)C1(CCC3(CC3)CC1)CN2C(=O)c1cccc(S(=O)(=O)N2CCC(F)(F)CC2)c1.[HH]. The van der Waals surface area contributed by atoms with E-state index in [0.717, 1.165) is 41.8 Å². The molecule has 8 nitrogen and oxygen atoms in total. The summed E-state index contributed by atoms with van der Waals surface area (Å²) >= 11 is 0. The third-order valence-corrected chi connectivity index (χ3v) is 11.8. The van der Waals surface area contributed by atoms with Gasteiger partial charge in [-0.05, 0) is 85.9 Å². The monoisotopic (exact) mass is 595 g/mol. The van der Waals surface area contributed by atoms with Gasteiger partial charge in [-0.25, -0.2) is 25.6 Å². The lowest BCUT2D eigenvalue weighted by molar-refractivity contribution is -0.0412. The van der Waals surface area contributed by atoms with Gasteiger partial charge in [0, 0.05) is 56.3 Å². The Morgan fingerprint density at radius 2 is 1.55 bits per heavy atom. The maximum atomic E-state index is 13.9. The van der Waals surface area contributed by atoms with Gasteiger partial charge in [0.15, 0.2) is 0 Å². The molecule has 0 unspecified atom stereocenters. The van der Waals surface area contributed by atoms with Crippen molar-refractivity contribution in [3.8, 4) is 0 Å². The zero-order chi connectivity index (χ0) is 28.6. The van der Waals surface area contributed by atoms with Crippen LogP contribution in [0.25, 0.3) is 0 Å². The van der Waals surface area contributed by atoms with E-state index in [2.05, 4.69) is 4.72 Å². The van der Waals surface area contributed by atoms with Gasteiger partial charge >= 0.3 is 0 Å². The second-order valence-corrected chi connectivity index (χ2v) is 15.8. The summed E-state index contributed by atoms with van der Waals surface area (Å²) in [6.45, 7) is -0.126. The Morgan fingerprint density at radius 3 is 2.17 bits per heavy atom. The molecule has 3 fully saturated rings. The van der Waals surface area contributed by atoms with E-state index in [9.17, 15) is 30.4 Å². The highest BCUT2D eigenvalue weighted by molar-refractivity contribution is 7.92. The minimum Gasteiger partial charge on any atom is -0.307 e. The van der Waals surface area contributed by atoms with Crippen molar-refractivity contribution >= 4 is 37.3 Å². The quantitative estimate of drug-likeness (QED) is 0.526. The lowest BCUT2D eigenvalue weighted by Crippen LogP contribution is -2.42. The second-order valence-electron chi connectivity index (χ2n) is 12.1. The van der Waals surface area contributed by atoms with Crippen LogP contribution in [0.3, 0.4) is 0 Å². The van der Waals surface area contributed by atoms with Crippen molar-refractivity contribution in [2.45, 2.75) is 67.6 Å². The predicted molar refractivity (Wildman–Crippen MR) is 150 cm³/mol. The van der Waals surface area contributed by atoms with Crippen LogP contribution in [0.15, 0.2) is 47.4 Å². The molecule has 0 radical (unpaired) electrons. The van der Waals surface area contributed by atoms with Gasteiger partial charge in [-0.15, -0.1) is 0 Å². The number of nitrogens with zero attached hydrogens (tertiary/aromatic N) is 2. The molecule has 0 bridgehead atoms. The Bertz CT molecular complexity index is 1580. The zero-order valence-electron chi connectivity index (χ0n) is 22.3. The number of hydrogen-bond donors (Lipinski definition) is 1. The zero-order valence-corrected chi connectivity index (χ0v) is 24.0. The molecule has 0 atom stereocenters. The van der Waals surface area contributed by atoms with Crippen LogP contribution >= 0.6 is 0 Å². The number of rotatable bonds is 5. The molecule has 1 saturated heterocycles. The number of benzene rings is 2. The lowest BCUT2D eigenvalue weighted by Gasteiger charge is -2.38. The molecule has 2 aromatic rings. The van der Waals surface area contributed by atoms with Crippen LogP contribution in [0.1, 0.15) is 68.7 Å². The van der Waals surface area contributed by atoms with Crippen molar-refractivity contribution in [1.29, 1.82) is 0 Å². The van der Waals surface area contributed by atoms with E-state index in [4.69, 9.17) is 0 Å². The summed E-state index contributed by atoms with van der Waals surface area (Å²) in [6.07, 6.45) is 6.37. The average molecular weight is 596 g/mol. The largest absolute Gasteiger partial charge is 0.307 e. The van der Waals surface area contributed by atoms with Crippen LogP contribution in [0.2, 0.25) is 0 Å². The maximum Gasteiger partial charge on any atom is 0.258 e. The highest BCUT2D eigenvalue weighted by atomic mass is 32.2. The molecule has 12 heteroatoms. The first-order valence-corrected chi connectivity index (χ1v) is 17.0. The summed E-state index contributed by atoms with van der Waals surface area (Å²) in [4.78, 5) is 15.5. The van der Waals surface area contributed by atoms with Gasteiger partial charge in [-0.2, -0.15) is 4.31 Å². The summed E-state index contributed by atoms with van der Waals surface area (Å²) in [5.74, 6) is -3.23. The van der Waals surface area contributed by atoms with Crippen molar-refractivity contribution in [2.24, 2.45) is 5.41 Å². The molecule has 0 aromatic heterocycles. The molecule has 2 aliphatic heterocycles. The highest BCUT2D eigenvalue weighted by Gasteiger charge is 2.53. The number of piperidine rings is 1. The van der Waals surface area contributed by atoms with E-state index in [1.54, 1.807) is 23.1 Å². The molecule has 4 aliphatic rings. The topological polar surface area (TPSA) is 104 Å². The number of fused-ring (bicyclic) bond motifs is 2. The van der Waals surface area contributed by atoms with E-state index in [0.29, 0.717) is 23.3 Å². The van der Waals surface area contributed by atoms with Gasteiger partial charge in [-0.1, -0.05) is 6.07 Å². The normalized spacial score (nSPS) is 23.2. The molecular weight excluding hydrogens is 560 g/mol. The molecule has 2 aliphatic carbocycles. The van der Waals surface area contributed by atoms with E-state index < -0.39 is 38.8 Å². The molecule has 1 amide bonds. The fourth-order valence-corrected chi connectivity index (χ4v) is 8.68. The molecule has 40 heavy (non-hydrogen) atoms. The second kappa shape index (κ2) is 9.22. The van der Waals surface area contributed by atoms with Gasteiger partial charge in [0.25, 0.3) is 11.8 Å². The van der Waals surface area contributed by atoms with Crippen LogP contribution in [0, 0.1) is 5.41 Å². The van der Waals surface area contributed by atoms with Crippen LogP contribution in [-0.2, 0) is 25.5 Å². The minimum atomic E-state index is -4.04. The van der Waals surface area contributed by atoms with Crippen LogP contribution < -0.4 is 9.62 Å². The fraction of sp³-hybridized carbons (Fsp3) is 0.536. The Balaban J connectivity index is 0.00000337. The Labute approximate surface area is 235 Å². The summed E-state index contributed by atoms with van der Waals surface area (Å²) in [6, 6.07) is 11.0. The van der Waals surface area contributed by atoms with Gasteiger partial charge in [0.1, 0.15) is 0 Å². The summed E-state index contributed by atoms with van der Waals surface area (Å²) < 4.78 is 81.2. The van der Waals surface area contributed by atoms with Crippen LogP contribution in [-0.4, -0.2) is 58.9 Å². The summed E-state index contributed by atoms with van der Waals surface area (Å²) in [5, 5.41) is 0. The molecule has 2 heterocycles. The van der Waals surface area contributed by atoms with Crippen molar-refractivity contribution in [2.75, 3.05) is 35.5 Å². The van der Waals surface area contributed by atoms with Crippen molar-refractivity contribution < 1.29 is 31.8 Å². The first-order chi connectivity index (χ1) is 18.7. The van der Waals surface area contributed by atoms with E-state index in [1.807, 2.05) is 6.07 Å². The number of carbonyl (C=O) groups is 1. The van der Waals surface area contributed by atoms with Gasteiger partial charge in [-0.3, -0.25) is 9.52 Å². The summed E-state index contributed by atoms with van der Waals surface area (Å²) in [7, 11) is -7.53. The number of carbonyl (C=O) groups excluding carboxylic acids is 1. The van der Waals surface area contributed by atoms with Gasteiger partial charge in [0.05, 0.1) is 11.2 Å². The number of nitrogens with one attached hydrogen (secondary N) is 1. The highest BCUT2D eigenvalue weighted by Crippen LogP contribution is 2.62. The van der Waals surface area contributed by atoms with E-state index in [-0.39, 0.29) is 36.3 Å². The molecular formula is C28H35F2N3O5S2. The van der Waals surface area contributed by atoms with Gasteiger partial charge < -0.3 is 4.90 Å². The molecule has 218 valence electrons. The number of alkyl halides is 2. The smallest absolute Gasteiger partial charge is 0.258 e. The predicted octanol–water partition coefficient (Wildman–Crippen LogP) is 4.98. The third-order valence-electron chi connectivity index (χ3n) is 9.27. The molecule has 6 rings (SSSR count). The number of sulfonamides is 2. The van der Waals surface area contributed by atoms with Crippen LogP contribution in [0.5, 0.6) is 0 Å². The third kappa shape index (κ3) is 5.02. The minimum absolute atomic E-state index is 0. The molecule has 2 saturated carbocycles. The first-order valence-electron chi connectivity index (χ1n) is 13.6. The Morgan fingerprint density at radius 1 is 0.900 bits per heavy atom. The van der Waals surface area contributed by atoms with E-state index in [1.165, 1.54) is 31.0 Å². The van der Waals surface area contributed by atoms with E-state index >= 15 is 0 Å². The van der Waals surface area contributed by atoms with Crippen molar-refractivity contribution in [1.82, 2.24) is 4.31 Å². The maximum absolute atomic E-state index is 13.9. The average Bonchev–Trinajstić information content (AvgIpc) is 3.59. The summed E-state index contributed by atoms with van der Waals surface area (Å²) in [5.41, 5.74) is 2.37. The Hall–Kier alpha value is -2.57. The lowest BCUT2D eigenvalue weighted by atomic mass is 9.66. The Kier molecular flexibility index (Phi) is 6.36. The standard InChI is InChI=1S/C28H33F2N3O5S2.H2/c1-39(35,36)31-21-5-6-24-23(18-21)27(11-9-26(7-8-26)10-12-27)19-33(24)25(34)20-3-2-4-22(17-20)40(37,38)32-15-13-28(29,30)14-16-32;/h2-6,17-18,31H,7-16,19H2,1H3;1H. The number of hydrogen-bond acceptors (Lipinski definition) is 5. The molecule has 2 spiro atoms. The first kappa shape index (κ1) is 27.6. The van der Waals surface area contributed by atoms with Crippen molar-refractivity contribution in [3.05, 3.63) is 53.6 Å². The van der Waals surface area contributed by atoms with Crippen molar-refractivity contribution in [3.63, 3.8) is 0 Å². The van der Waals surface area contributed by atoms with Gasteiger partial charge in [0.2, 0.25) is 20.0 Å².